The Morgan fingerprint density at radius 1 is 0.349 bits per heavy atom. The zero-order chi connectivity index (χ0) is 61.0. The molecule has 444 valence electrons. The van der Waals surface area contributed by atoms with E-state index >= 15 is 0 Å². The molecule has 0 amide bonds. The molecule has 6 heterocycles. The summed E-state index contributed by atoms with van der Waals surface area (Å²) in [6.45, 7) is 15.8. The van der Waals surface area contributed by atoms with Gasteiger partial charge < -0.3 is 18.9 Å². The van der Waals surface area contributed by atoms with E-state index in [1.54, 1.807) is 76.2 Å². The highest BCUT2D eigenvalue weighted by Crippen LogP contribution is 2.56. The summed E-state index contributed by atoms with van der Waals surface area (Å²) < 4.78 is 22.0. The van der Waals surface area contributed by atoms with Gasteiger partial charge in [-0.05, 0) is 177 Å². The molecule has 0 saturated carbocycles. The van der Waals surface area contributed by atoms with E-state index < -0.39 is 46.5 Å². The summed E-state index contributed by atoms with van der Waals surface area (Å²) in [5.74, 6) is -1.81. The van der Waals surface area contributed by atoms with Crippen LogP contribution in [0.1, 0.15) is 68.2 Å². The molecule has 0 N–H and O–H groups in total. The van der Waals surface area contributed by atoms with Gasteiger partial charge in [-0.2, -0.15) is 0 Å². The number of carbonyl (C=O) groups is 4. The minimum absolute atomic E-state index is 0.115. The average Bonchev–Trinajstić information content (AvgIpc) is 1.55. The van der Waals surface area contributed by atoms with Gasteiger partial charge in [0.25, 0.3) is 0 Å². The number of hydrazone groups is 4. The summed E-state index contributed by atoms with van der Waals surface area (Å²) in [4.78, 5) is 61.6. The van der Waals surface area contributed by atoms with Gasteiger partial charge in [0.1, 0.15) is 22.7 Å². The van der Waals surface area contributed by atoms with Crippen molar-refractivity contribution >= 4 is 139 Å². The van der Waals surface area contributed by atoms with Crippen LogP contribution in [0, 0.1) is 0 Å². The monoisotopic (exact) mass is 1240 g/mol. The Kier molecular flexibility index (Phi) is 15.8. The minimum atomic E-state index is -1.00. The number of para-hydroxylation sites is 4. The molecule has 86 heavy (non-hydrogen) atoms. The first-order chi connectivity index (χ1) is 41.2. The van der Waals surface area contributed by atoms with Crippen molar-refractivity contribution in [2.45, 2.75) is 90.9 Å². The molecular weight excluding hydrogens is 1180 g/mol. The van der Waals surface area contributed by atoms with Crippen LogP contribution in [-0.2, 0) is 38.1 Å². The number of hydrogen-bond donors (Lipinski definition) is 0. The van der Waals surface area contributed by atoms with E-state index in [4.69, 9.17) is 85.8 Å². The fourth-order valence-corrected chi connectivity index (χ4v) is 12.8. The maximum Gasteiger partial charge on any atom is 0.376 e. The second kappa shape index (κ2) is 23.0. The fraction of sp³-hybridized carbons (Fsp3) is 0.290. The molecule has 0 aromatic heterocycles. The quantitative estimate of drug-likeness (QED) is 0.0833. The lowest BCUT2D eigenvalue weighted by Gasteiger charge is -2.46. The molecule has 4 atom stereocenters. The first kappa shape index (κ1) is 59.2. The number of ether oxygens (including phenoxy) is 4. The van der Waals surface area contributed by atoms with Crippen LogP contribution in [0.3, 0.4) is 0 Å². The van der Waals surface area contributed by atoms with Gasteiger partial charge >= 0.3 is 23.9 Å². The van der Waals surface area contributed by atoms with Crippen molar-refractivity contribution in [2.24, 2.45) is 20.4 Å². The highest BCUT2D eigenvalue weighted by atomic mass is 35.5. The van der Waals surface area contributed by atoms with Crippen molar-refractivity contribution in [3.05, 3.63) is 166 Å². The number of benzene rings is 6. The third kappa shape index (κ3) is 9.90. The number of anilines is 8. The van der Waals surface area contributed by atoms with Gasteiger partial charge in [-0.3, -0.25) is 19.6 Å². The van der Waals surface area contributed by atoms with Gasteiger partial charge in [0, 0.05) is 32.9 Å². The normalized spacial score (nSPS) is 22.3. The Labute approximate surface area is 517 Å². The van der Waals surface area contributed by atoms with Crippen LogP contribution in [0.2, 0.25) is 20.1 Å². The lowest BCUT2D eigenvalue weighted by Crippen LogP contribution is -2.63. The first-order valence-corrected chi connectivity index (χ1v) is 29.4. The van der Waals surface area contributed by atoms with Gasteiger partial charge in [-0.15, -0.1) is 20.4 Å². The first-order valence-electron chi connectivity index (χ1n) is 27.9. The van der Waals surface area contributed by atoms with E-state index in [0.29, 0.717) is 78.4 Å². The molecular formula is C62H60Cl4N12O8. The van der Waals surface area contributed by atoms with Crippen LogP contribution in [0.5, 0.6) is 0 Å². The van der Waals surface area contributed by atoms with Crippen molar-refractivity contribution < 1.29 is 38.1 Å². The van der Waals surface area contributed by atoms with Crippen molar-refractivity contribution in [1.29, 1.82) is 0 Å². The van der Waals surface area contributed by atoms with Crippen molar-refractivity contribution in [3.8, 4) is 0 Å². The number of hydrogen-bond acceptors (Lipinski definition) is 20. The summed E-state index contributed by atoms with van der Waals surface area (Å²) in [5, 5.41) is 29.0. The van der Waals surface area contributed by atoms with E-state index in [2.05, 4.69) is 0 Å². The Hall–Kier alpha value is -8.56. The number of halogens is 4. The van der Waals surface area contributed by atoms with E-state index in [0.717, 1.165) is 0 Å². The summed E-state index contributed by atoms with van der Waals surface area (Å²) in [7, 11) is 0. The second-order valence-electron chi connectivity index (χ2n) is 21.3. The molecule has 0 saturated heterocycles. The van der Waals surface area contributed by atoms with Gasteiger partial charge in [0.05, 0.1) is 71.9 Å². The lowest BCUT2D eigenvalue weighted by atomic mass is 9.93. The van der Waals surface area contributed by atoms with Crippen LogP contribution in [-0.4, -0.2) is 96.3 Å². The Balaban J connectivity index is 0.000000179. The standard InChI is InChI=1S/2C31H30Cl2N6O4/c2*1-5-42-28(40)26-34-38(22-15-11-20(32)12-16-22)30(3)19-31(4)37(25-10-8-7-9-24(25)36(26)30)27(29(41)43-6-2)35-39(31)23-17-13-21(33)14-18-23/h2*7-18H,5-6,19H2,1-4H3/t2*30-,31-/m10/s1. The Morgan fingerprint density at radius 3 is 0.709 bits per heavy atom. The molecule has 6 aromatic carbocycles. The maximum atomic E-state index is 13.5. The molecule has 0 aliphatic carbocycles. The SMILES string of the molecule is CCOC(=O)C1=NN(c2ccc(Cl)cc2)[C@@]2(C)C[C@]3(C)N(c4ccc(Cl)cc4)N=C(C(=O)OCC)N3c3ccccc3N12.CCOC(=O)C1=NN(c2ccc(Cl)cc2)[C@]2(C)C[C@@]3(C)N(c4ccc(Cl)cc4)N=C(C(=O)OCC)N3c3ccccc3N12. The number of amidine groups is 4. The third-order valence-electron chi connectivity index (χ3n) is 15.6. The number of rotatable bonds is 12. The predicted molar refractivity (Wildman–Crippen MR) is 338 cm³/mol. The smallest absolute Gasteiger partial charge is 0.376 e. The van der Waals surface area contributed by atoms with Gasteiger partial charge in [-0.25, -0.2) is 39.2 Å². The van der Waals surface area contributed by atoms with E-state index in [1.807, 2.05) is 164 Å². The summed E-state index contributed by atoms with van der Waals surface area (Å²) in [5.41, 5.74) is 1.44. The Morgan fingerprint density at radius 2 is 0.535 bits per heavy atom. The van der Waals surface area contributed by atoms with Crippen LogP contribution in [0.25, 0.3) is 0 Å². The van der Waals surface area contributed by atoms with Gasteiger partial charge in [0.15, 0.2) is 0 Å². The van der Waals surface area contributed by atoms with Crippen molar-refractivity contribution in [3.63, 3.8) is 0 Å². The molecule has 24 heteroatoms. The molecule has 0 unspecified atom stereocenters. The number of esters is 4. The zero-order valence-corrected chi connectivity index (χ0v) is 51.3. The van der Waals surface area contributed by atoms with Crippen LogP contribution in [0.15, 0.2) is 166 Å². The third-order valence-corrected chi connectivity index (χ3v) is 16.6. The van der Waals surface area contributed by atoms with Crippen molar-refractivity contribution in [2.75, 3.05) is 66.1 Å². The van der Waals surface area contributed by atoms with E-state index in [9.17, 15) is 19.2 Å². The van der Waals surface area contributed by atoms with Crippen molar-refractivity contribution in [1.82, 2.24) is 0 Å². The molecule has 6 aromatic rings. The van der Waals surface area contributed by atoms with Crippen LogP contribution in [0.4, 0.5) is 45.5 Å². The average molecular weight is 1240 g/mol. The number of carbonyl (C=O) groups excluding carboxylic acids is 4. The fourth-order valence-electron chi connectivity index (χ4n) is 12.3. The summed E-state index contributed by atoms with van der Waals surface area (Å²) in [6.07, 6.45) is 0.609. The minimum Gasteiger partial charge on any atom is -0.460 e. The van der Waals surface area contributed by atoms with E-state index in [1.165, 1.54) is 0 Å². The molecule has 6 aliphatic rings. The highest BCUT2D eigenvalue weighted by Gasteiger charge is 2.64. The molecule has 0 spiro atoms. The highest BCUT2D eigenvalue weighted by molar-refractivity contribution is 6.46. The summed E-state index contributed by atoms with van der Waals surface area (Å²) >= 11 is 25.0. The number of nitrogens with zero attached hydrogens (tertiary/aromatic N) is 12. The molecule has 12 rings (SSSR count). The van der Waals surface area contributed by atoms with Crippen LogP contribution < -0.4 is 39.6 Å². The zero-order valence-electron chi connectivity index (χ0n) is 48.2. The largest absolute Gasteiger partial charge is 0.460 e. The van der Waals surface area contributed by atoms with Gasteiger partial charge in [-0.1, -0.05) is 70.7 Å². The maximum absolute atomic E-state index is 13.5. The topological polar surface area (TPSA) is 181 Å². The molecule has 6 aliphatic heterocycles. The van der Waals surface area contributed by atoms with Gasteiger partial charge in [0.2, 0.25) is 23.3 Å². The lowest BCUT2D eigenvalue weighted by molar-refractivity contribution is -0.136. The molecule has 0 fully saturated rings. The Bertz CT molecular complexity index is 3300. The van der Waals surface area contributed by atoms with Crippen LogP contribution >= 0.6 is 46.4 Å². The molecule has 0 radical (unpaired) electrons. The predicted octanol–water partition coefficient (Wildman–Crippen LogP) is 12.5. The number of fused-ring (bicyclic) bond motifs is 10. The summed E-state index contributed by atoms with van der Waals surface area (Å²) in [6, 6.07) is 44.1. The molecule has 20 nitrogen and oxygen atoms in total. The molecule has 0 bridgehead atoms. The second-order valence-corrected chi connectivity index (χ2v) is 23.0. The van der Waals surface area contributed by atoms with E-state index in [-0.39, 0.29) is 49.8 Å².